The summed E-state index contributed by atoms with van der Waals surface area (Å²) in [7, 11) is 0. The third kappa shape index (κ3) is 4.59. The van der Waals surface area contributed by atoms with Crippen molar-refractivity contribution in [3.8, 4) is 0 Å². The average Bonchev–Trinajstić information content (AvgIpc) is 3.23. The third-order valence-corrected chi connectivity index (χ3v) is 6.59. The van der Waals surface area contributed by atoms with Crippen LogP contribution in [0, 0.1) is 12.8 Å². The molecule has 1 aliphatic heterocycles. The predicted octanol–water partition coefficient (Wildman–Crippen LogP) is 3.64. The Morgan fingerprint density at radius 1 is 1.35 bits per heavy atom. The van der Waals surface area contributed by atoms with Crippen molar-refractivity contribution in [1.82, 2.24) is 20.2 Å². The lowest BCUT2D eigenvalue weighted by Gasteiger charge is -2.24. The molecular weight excluding hydrogens is 324 g/mol. The van der Waals surface area contributed by atoms with Crippen molar-refractivity contribution < 1.29 is 0 Å². The van der Waals surface area contributed by atoms with Crippen LogP contribution >= 0.6 is 22.7 Å². The van der Waals surface area contributed by atoms with Crippen molar-refractivity contribution >= 4 is 22.7 Å². The highest BCUT2D eigenvalue weighted by Crippen LogP contribution is 2.25. The summed E-state index contributed by atoms with van der Waals surface area (Å²) in [6.45, 7) is 12.0. The molecule has 0 unspecified atom stereocenters. The molecule has 3 heterocycles. The molecule has 1 fully saturated rings. The maximum absolute atomic E-state index is 4.65. The molecule has 1 N–H and O–H groups in total. The summed E-state index contributed by atoms with van der Waals surface area (Å²) in [6, 6.07) is 0. The second-order valence-electron chi connectivity index (χ2n) is 6.70. The first kappa shape index (κ1) is 17.0. The molecule has 0 amide bonds. The molecule has 0 aromatic carbocycles. The van der Waals surface area contributed by atoms with Crippen molar-refractivity contribution in [2.45, 2.75) is 46.2 Å². The van der Waals surface area contributed by atoms with Gasteiger partial charge >= 0.3 is 0 Å². The van der Waals surface area contributed by atoms with Gasteiger partial charge in [-0.3, -0.25) is 4.90 Å². The lowest BCUT2D eigenvalue weighted by atomic mass is 10.1. The van der Waals surface area contributed by atoms with Gasteiger partial charge in [0.25, 0.3) is 0 Å². The lowest BCUT2D eigenvalue weighted by molar-refractivity contribution is 0.222. The smallest absolute Gasteiger partial charge is 0.107 e. The Morgan fingerprint density at radius 3 is 2.83 bits per heavy atom. The van der Waals surface area contributed by atoms with Crippen molar-refractivity contribution in [3.63, 3.8) is 0 Å². The Kier molecular flexibility index (Phi) is 5.80. The highest BCUT2D eigenvalue weighted by Gasteiger charge is 2.20. The molecule has 0 bridgehead atoms. The maximum atomic E-state index is 4.65. The van der Waals surface area contributed by atoms with Crippen LogP contribution in [0.2, 0.25) is 0 Å². The van der Waals surface area contributed by atoms with Crippen LogP contribution in [0.5, 0.6) is 0 Å². The van der Waals surface area contributed by atoms with Gasteiger partial charge in [-0.25, -0.2) is 9.97 Å². The van der Waals surface area contributed by atoms with E-state index in [1.54, 1.807) is 11.3 Å². The number of aromatic nitrogens is 2. The number of thiazole rings is 2. The zero-order valence-electron chi connectivity index (χ0n) is 14.2. The average molecular weight is 351 g/mol. The first-order valence-electron chi connectivity index (χ1n) is 8.38. The first-order valence-corrected chi connectivity index (χ1v) is 10.1. The van der Waals surface area contributed by atoms with E-state index in [9.17, 15) is 0 Å². The molecule has 0 radical (unpaired) electrons. The number of nitrogens with zero attached hydrogens (tertiary/aromatic N) is 3. The molecule has 1 atom stereocenters. The predicted molar refractivity (Wildman–Crippen MR) is 98.1 cm³/mol. The van der Waals surface area contributed by atoms with E-state index in [0.717, 1.165) is 38.6 Å². The molecule has 126 valence electrons. The Morgan fingerprint density at radius 2 is 2.22 bits per heavy atom. The Labute approximate surface area is 147 Å². The molecule has 4 nitrogen and oxygen atoms in total. The first-order chi connectivity index (χ1) is 11.1. The van der Waals surface area contributed by atoms with Crippen molar-refractivity contribution in [3.05, 3.63) is 32.2 Å². The zero-order chi connectivity index (χ0) is 16.2. The van der Waals surface area contributed by atoms with Crippen LogP contribution in [0.15, 0.2) is 11.7 Å². The molecule has 1 saturated heterocycles. The number of hydrogen-bond acceptors (Lipinski definition) is 6. The maximum Gasteiger partial charge on any atom is 0.107 e. The van der Waals surface area contributed by atoms with Crippen LogP contribution in [-0.2, 0) is 13.1 Å². The minimum absolute atomic E-state index is 0.567. The molecule has 2 aromatic heterocycles. The molecule has 1 aliphatic rings. The molecule has 6 heteroatoms. The van der Waals surface area contributed by atoms with E-state index in [2.05, 4.69) is 47.2 Å². The molecule has 0 spiro atoms. The molecule has 0 saturated carbocycles. The summed E-state index contributed by atoms with van der Waals surface area (Å²) < 4.78 is 0. The van der Waals surface area contributed by atoms with E-state index in [-0.39, 0.29) is 0 Å². The van der Waals surface area contributed by atoms with E-state index < -0.39 is 0 Å². The fourth-order valence-electron chi connectivity index (χ4n) is 2.96. The van der Waals surface area contributed by atoms with E-state index in [1.807, 2.05) is 16.8 Å². The fourth-order valence-corrected chi connectivity index (χ4v) is 4.74. The molecular formula is C17H26N4S2. The molecule has 0 aliphatic carbocycles. The van der Waals surface area contributed by atoms with Crippen LogP contribution in [0.4, 0.5) is 0 Å². The monoisotopic (exact) mass is 350 g/mol. The Balaban J connectivity index is 1.69. The SMILES string of the molecule is Cc1ncsc1CN(Cc1ncc(C(C)C)s1)C[C@@H]1CCNC1. The molecule has 23 heavy (non-hydrogen) atoms. The van der Waals surface area contributed by atoms with Crippen molar-refractivity contribution in [2.75, 3.05) is 19.6 Å². The van der Waals surface area contributed by atoms with Gasteiger partial charge in [0.15, 0.2) is 0 Å². The topological polar surface area (TPSA) is 41.1 Å². The van der Waals surface area contributed by atoms with Gasteiger partial charge in [-0.05, 0) is 38.3 Å². The highest BCUT2D eigenvalue weighted by atomic mass is 32.1. The van der Waals surface area contributed by atoms with Gasteiger partial charge in [-0.2, -0.15) is 0 Å². The van der Waals surface area contributed by atoms with E-state index >= 15 is 0 Å². The summed E-state index contributed by atoms with van der Waals surface area (Å²) in [5.41, 5.74) is 3.13. The molecule has 3 rings (SSSR count). The number of nitrogens with one attached hydrogen (secondary N) is 1. The van der Waals surface area contributed by atoms with Crippen LogP contribution in [-0.4, -0.2) is 34.5 Å². The third-order valence-electron chi connectivity index (χ3n) is 4.39. The van der Waals surface area contributed by atoms with Crippen LogP contribution in [0.3, 0.4) is 0 Å². The largest absolute Gasteiger partial charge is 0.316 e. The summed E-state index contributed by atoms with van der Waals surface area (Å²) in [5.74, 6) is 1.32. The Hall–Kier alpha value is -0.820. The second kappa shape index (κ2) is 7.83. The lowest BCUT2D eigenvalue weighted by Crippen LogP contribution is -2.29. The number of rotatable bonds is 7. The van der Waals surface area contributed by atoms with E-state index in [4.69, 9.17) is 0 Å². The van der Waals surface area contributed by atoms with Gasteiger partial charge < -0.3 is 5.32 Å². The minimum atomic E-state index is 0.567. The van der Waals surface area contributed by atoms with Gasteiger partial charge in [-0.1, -0.05) is 13.8 Å². The molecule has 2 aromatic rings. The van der Waals surface area contributed by atoms with Crippen LogP contribution < -0.4 is 5.32 Å². The normalized spacial score (nSPS) is 18.4. The van der Waals surface area contributed by atoms with Gasteiger partial charge in [0.05, 0.1) is 17.7 Å². The van der Waals surface area contributed by atoms with Crippen LogP contribution in [0.25, 0.3) is 0 Å². The van der Waals surface area contributed by atoms with E-state index in [1.165, 1.54) is 26.9 Å². The summed E-state index contributed by atoms with van der Waals surface area (Å²) in [6.07, 6.45) is 3.34. The summed E-state index contributed by atoms with van der Waals surface area (Å²) >= 11 is 3.63. The highest BCUT2D eigenvalue weighted by molar-refractivity contribution is 7.11. The quantitative estimate of drug-likeness (QED) is 0.828. The van der Waals surface area contributed by atoms with Crippen LogP contribution in [0.1, 0.15) is 46.6 Å². The van der Waals surface area contributed by atoms with Crippen molar-refractivity contribution in [2.24, 2.45) is 5.92 Å². The van der Waals surface area contributed by atoms with Gasteiger partial charge in [-0.15, -0.1) is 22.7 Å². The zero-order valence-corrected chi connectivity index (χ0v) is 15.8. The summed E-state index contributed by atoms with van der Waals surface area (Å²) in [4.78, 5) is 14.4. The summed E-state index contributed by atoms with van der Waals surface area (Å²) in [5, 5.41) is 4.72. The minimum Gasteiger partial charge on any atom is -0.316 e. The van der Waals surface area contributed by atoms with Gasteiger partial charge in [0.2, 0.25) is 0 Å². The second-order valence-corrected chi connectivity index (χ2v) is 8.79. The number of hydrogen-bond donors (Lipinski definition) is 1. The van der Waals surface area contributed by atoms with Gasteiger partial charge in [0.1, 0.15) is 5.01 Å². The van der Waals surface area contributed by atoms with Crippen molar-refractivity contribution in [1.29, 1.82) is 0 Å². The van der Waals surface area contributed by atoms with Gasteiger partial charge in [0, 0.05) is 29.0 Å². The number of aryl methyl sites for hydroxylation is 1. The Bertz CT molecular complexity index is 614. The van der Waals surface area contributed by atoms with E-state index in [0.29, 0.717) is 5.92 Å². The standard InChI is InChI=1S/C17H26N4S2/c1-12(2)15-7-19-17(23-15)10-21(8-14-4-5-18-6-14)9-16-13(3)20-11-22-16/h7,11-12,14,18H,4-6,8-10H2,1-3H3/t14-/m1/s1. The fraction of sp³-hybridized carbons (Fsp3) is 0.647.